The van der Waals surface area contributed by atoms with Gasteiger partial charge in [0.15, 0.2) is 27.8 Å². The fourth-order valence-electron chi connectivity index (χ4n) is 3.60. The number of fused-ring (bicyclic) bond motifs is 1. The number of nitrogens with one attached hydrogen (secondary N) is 2. The van der Waals surface area contributed by atoms with Gasteiger partial charge in [-0.05, 0) is 36.3 Å². The molecular formula is C24H45N5O5Si2. The molecule has 3 N–H and O–H groups in total. The van der Waals surface area contributed by atoms with Gasteiger partial charge in [-0.15, -0.1) is 0 Å². The summed E-state index contributed by atoms with van der Waals surface area (Å²) in [5.74, 6) is 0.285. The molecule has 0 spiro atoms. The van der Waals surface area contributed by atoms with E-state index in [0.29, 0.717) is 18.7 Å². The van der Waals surface area contributed by atoms with Crippen molar-refractivity contribution in [2.24, 2.45) is 0 Å². The fourth-order valence-corrected chi connectivity index (χ4v) is 5.97. The van der Waals surface area contributed by atoms with Crippen LogP contribution in [0, 0.1) is 0 Å². The Morgan fingerprint density at radius 2 is 1.81 bits per heavy atom. The highest BCUT2D eigenvalue weighted by molar-refractivity contribution is 6.74. The van der Waals surface area contributed by atoms with E-state index in [0.717, 1.165) is 0 Å². The van der Waals surface area contributed by atoms with E-state index in [1.54, 1.807) is 6.33 Å². The van der Waals surface area contributed by atoms with E-state index < -0.39 is 22.9 Å². The third kappa shape index (κ3) is 6.10. The number of aliphatic hydroxyl groups excluding tert-OH is 1. The molecule has 36 heavy (non-hydrogen) atoms. The van der Waals surface area contributed by atoms with Gasteiger partial charge in [-0.25, -0.2) is 4.98 Å². The average molecular weight is 540 g/mol. The maximum Gasteiger partial charge on any atom is 0.280 e. The molecular weight excluding hydrogens is 494 g/mol. The van der Waals surface area contributed by atoms with Crippen molar-refractivity contribution >= 4 is 33.7 Å². The first-order valence-electron chi connectivity index (χ1n) is 12.8. The topological polar surface area (TPSA) is 124 Å². The van der Waals surface area contributed by atoms with Crippen molar-refractivity contribution in [2.45, 2.75) is 103 Å². The number of imidazole rings is 1. The average Bonchev–Trinajstić information content (AvgIpc) is 3.33. The second-order valence-electron chi connectivity index (χ2n) is 12.7. The van der Waals surface area contributed by atoms with E-state index in [2.05, 4.69) is 88.0 Å². The predicted octanol–water partition coefficient (Wildman–Crippen LogP) is 4.22. The summed E-state index contributed by atoms with van der Waals surface area (Å²) in [6, 6.07) is 0. The summed E-state index contributed by atoms with van der Waals surface area (Å²) in [6.07, 6.45) is 1.43. The van der Waals surface area contributed by atoms with Gasteiger partial charge in [0.05, 0.1) is 25.6 Å². The minimum absolute atomic E-state index is 0.0553. The number of rotatable bonds is 9. The Bertz CT molecular complexity index is 1100. The van der Waals surface area contributed by atoms with E-state index in [-0.39, 0.29) is 52.5 Å². The zero-order chi connectivity index (χ0) is 27.1. The number of nitrogens with zero attached hydrogens (tertiary/aromatic N) is 3. The molecule has 1 fully saturated rings. The van der Waals surface area contributed by atoms with Gasteiger partial charge in [0.25, 0.3) is 5.56 Å². The Morgan fingerprint density at radius 1 is 1.17 bits per heavy atom. The van der Waals surface area contributed by atoms with Crippen molar-refractivity contribution in [3.63, 3.8) is 0 Å². The van der Waals surface area contributed by atoms with Crippen LogP contribution < -0.4 is 10.9 Å². The Kier molecular flexibility index (Phi) is 8.29. The van der Waals surface area contributed by atoms with E-state index >= 15 is 0 Å². The normalized spacial score (nSPS) is 21.9. The Morgan fingerprint density at radius 3 is 2.39 bits per heavy atom. The maximum atomic E-state index is 12.6. The van der Waals surface area contributed by atoms with E-state index in [1.165, 1.54) is 0 Å². The number of H-pyrrole nitrogens is 1. The monoisotopic (exact) mass is 539 g/mol. The lowest BCUT2D eigenvalue weighted by Gasteiger charge is -2.40. The second kappa shape index (κ2) is 10.3. The van der Waals surface area contributed by atoms with Crippen molar-refractivity contribution in [2.75, 3.05) is 25.1 Å². The first kappa shape index (κ1) is 29.0. The third-order valence-electron chi connectivity index (χ3n) is 7.99. The molecule has 12 heteroatoms. The molecule has 0 aliphatic carbocycles. The highest BCUT2D eigenvalue weighted by atomic mass is 28.4. The summed E-state index contributed by atoms with van der Waals surface area (Å²) < 4.78 is 21.8. The number of aliphatic hydroxyl groups is 1. The smallest absolute Gasteiger partial charge is 0.280 e. The summed E-state index contributed by atoms with van der Waals surface area (Å²) >= 11 is 0. The predicted molar refractivity (Wildman–Crippen MR) is 147 cm³/mol. The first-order valence-corrected chi connectivity index (χ1v) is 18.6. The van der Waals surface area contributed by atoms with E-state index in [1.807, 2.05) is 4.57 Å². The molecule has 2 aromatic rings. The molecule has 0 bridgehead atoms. The number of hydrogen-bond acceptors (Lipinski definition) is 8. The number of anilines is 1. The largest absolute Gasteiger partial charge is 0.414 e. The molecule has 1 saturated heterocycles. The van der Waals surface area contributed by atoms with Crippen molar-refractivity contribution < 1.29 is 18.7 Å². The Labute approximate surface area is 216 Å². The van der Waals surface area contributed by atoms with E-state index in [9.17, 15) is 4.79 Å². The number of aromatic nitrogens is 4. The Balaban J connectivity index is 1.92. The molecule has 3 heterocycles. The number of ether oxygens (including phenoxy) is 1. The van der Waals surface area contributed by atoms with Crippen LogP contribution >= 0.6 is 0 Å². The lowest BCUT2D eigenvalue weighted by atomic mass is 10.2. The minimum atomic E-state index is -2.08. The zero-order valence-corrected chi connectivity index (χ0v) is 25.6. The summed E-state index contributed by atoms with van der Waals surface area (Å²) in [5.41, 5.74) is 0.335. The highest BCUT2D eigenvalue weighted by Crippen LogP contribution is 2.42. The SMILES string of the molecule is CC(C)(C)[Si](C)(C)OC[C@H]1O[C@@H](n2cnc3c(=O)[nH]c(NCCO)nc32)C[C@@H]1O[Si](C)(C)C(C)(C)C. The summed E-state index contributed by atoms with van der Waals surface area (Å²) in [6.45, 7) is 23.0. The van der Waals surface area contributed by atoms with Gasteiger partial charge in [-0.3, -0.25) is 14.3 Å². The molecule has 0 amide bonds. The lowest BCUT2D eigenvalue weighted by molar-refractivity contribution is -0.0383. The molecule has 0 unspecified atom stereocenters. The van der Waals surface area contributed by atoms with Gasteiger partial charge >= 0.3 is 0 Å². The van der Waals surface area contributed by atoms with Crippen LogP contribution in [0.25, 0.3) is 11.2 Å². The third-order valence-corrected chi connectivity index (χ3v) is 17.0. The van der Waals surface area contributed by atoms with Gasteiger partial charge in [0.1, 0.15) is 12.3 Å². The molecule has 0 aromatic carbocycles. The van der Waals surface area contributed by atoms with Gasteiger partial charge < -0.3 is 24.0 Å². The molecule has 1 aliphatic heterocycles. The van der Waals surface area contributed by atoms with Crippen LogP contribution in [-0.2, 0) is 13.6 Å². The summed E-state index contributed by atoms with van der Waals surface area (Å²) in [4.78, 5) is 24.1. The highest BCUT2D eigenvalue weighted by Gasteiger charge is 2.46. The van der Waals surface area contributed by atoms with Gasteiger partial charge in [-0.1, -0.05) is 41.5 Å². The van der Waals surface area contributed by atoms with Crippen LogP contribution in [0.1, 0.15) is 54.2 Å². The molecule has 3 atom stereocenters. The number of hydrogen-bond donors (Lipinski definition) is 3. The van der Waals surface area contributed by atoms with Crippen molar-refractivity contribution in [3.05, 3.63) is 16.7 Å². The Hall–Kier alpha value is -1.58. The molecule has 1 aliphatic rings. The second-order valence-corrected chi connectivity index (χ2v) is 22.3. The van der Waals surface area contributed by atoms with Crippen molar-refractivity contribution in [1.82, 2.24) is 19.5 Å². The first-order chi connectivity index (χ1) is 16.5. The van der Waals surface area contributed by atoms with Crippen LogP contribution in [0.2, 0.25) is 36.3 Å². The lowest BCUT2D eigenvalue weighted by Crippen LogP contribution is -2.48. The quantitative estimate of drug-likeness (QED) is 0.405. The van der Waals surface area contributed by atoms with Gasteiger partial charge in [0, 0.05) is 13.0 Å². The standard InChI is InChI=1S/C24H45N5O5Si2/c1-23(2,3)35(7,8)32-14-17-16(34-36(9,10)24(4,5)6)13-18(33-17)29-15-26-19-20(29)27-22(25-11-12-30)28-21(19)31/h15-18,30H,11-14H2,1-10H3,(H2,25,27,28,31)/t16-,17+,18+/m0/s1. The minimum Gasteiger partial charge on any atom is -0.414 e. The van der Waals surface area contributed by atoms with Gasteiger partial charge in [0.2, 0.25) is 5.95 Å². The molecule has 204 valence electrons. The van der Waals surface area contributed by atoms with Crippen LogP contribution in [-0.4, -0.2) is 73.2 Å². The van der Waals surface area contributed by atoms with Crippen LogP contribution in [0.15, 0.2) is 11.1 Å². The molecule has 3 rings (SSSR count). The van der Waals surface area contributed by atoms with E-state index in [4.69, 9.17) is 18.7 Å². The maximum absolute atomic E-state index is 12.6. The molecule has 10 nitrogen and oxygen atoms in total. The fraction of sp³-hybridized carbons (Fsp3) is 0.792. The number of aromatic amines is 1. The summed E-state index contributed by atoms with van der Waals surface area (Å²) in [5, 5.41) is 12.2. The molecule has 2 aromatic heterocycles. The zero-order valence-electron chi connectivity index (χ0n) is 23.6. The van der Waals surface area contributed by atoms with Crippen molar-refractivity contribution in [3.8, 4) is 0 Å². The van der Waals surface area contributed by atoms with Crippen LogP contribution in [0.4, 0.5) is 5.95 Å². The van der Waals surface area contributed by atoms with Crippen LogP contribution in [0.3, 0.4) is 0 Å². The van der Waals surface area contributed by atoms with Gasteiger partial charge in [-0.2, -0.15) is 4.98 Å². The molecule has 0 saturated carbocycles. The summed E-state index contributed by atoms with van der Waals surface area (Å²) in [7, 11) is -4.06. The van der Waals surface area contributed by atoms with Crippen LogP contribution in [0.5, 0.6) is 0 Å². The molecule has 0 radical (unpaired) electrons. The van der Waals surface area contributed by atoms with Crippen molar-refractivity contribution in [1.29, 1.82) is 0 Å².